The van der Waals surface area contributed by atoms with Gasteiger partial charge in [0.25, 0.3) is 5.89 Å². The fourth-order valence-electron chi connectivity index (χ4n) is 2.98. The summed E-state index contributed by atoms with van der Waals surface area (Å²) in [6.07, 6.45) is -0.626. The van der Waals surface area contributed by atoms with Gasteiger partial charge in [0.2, 0.25) is 5.89 Å². The average molecular weight is 353 g/mol. The van der Waals surface area contributed by atoms with Crippen LogP contribution < -0.4 is 0 Å². The molecule has 6 nitrogen and oxygen atoms in total. The Morgan fingerprint density at radius 1 is 1.19 bits per heavy atom. The van der Waals surface area contributed by atoms with E-state index in [2.05, 4.69) is 14.8 Å². The summed E-state index contributed by atoms with van der Waals surface area (Å²) < 4.78 is 13.3. The van der Waals surface area contributed by atoms with Crippen LogP contribution in [0, 0.1) is 20.8 Å². The second kappa shape index (κ2) is 7.15. The van der Waals surface area contributed by atoms with Crippen molar-refractivity contribution in [3.8, 4) is 11.5 Å². The molecule has 1 aromatic carbocycles. The highest BCUT2D eigenvalue weighted by Crippen LogP contribution is 2.24. The number of nitrogens with zero attached hydrogens (tertiary/aromatic N) is 3. The molecule has 0 saturated heterocycles. The van der Waals surface area contributed by atoms with Gasteiger partial charge in [0.05, 0.1) is 5.56 Å². The van der Waals surface area contributed by atoms with Crippen molar-refractivity contribution in [1.29, 1.82) is 0 Å². The summed E-state index contributed by atoms with van der Waals surface area (Å²) >= 11 is 0. The van der Waals surface area contributed by atoms with Gasteiger partial charge in [-0.05, 0) is 52.8 Å². The third-order valence-electron chi connectivity index (χ3n) is 4.48. The van der Waals surface area contributed by atoms with Crippen LogP contribution in [0.25, 0.3) is 11.5 Å². The predicted molar refractivity (Wildman–Crippen MR) is 97.9 cm³/mol. The molecule has 0 aliphatic carbocycles. The van der Waals surface area contributed by atoms with E-state index in [1.807, 2.05) is 58.0 Å². The van der Waals surface area contributed by atoms with Gasteiger partial charge >= 0.3 is 5.97 Å². The lowest BCUT2D eigenvalue weighted by Crippen LogP contribution is -2.11. The van der Waals surface area contributed by atoms with E-state index in [9.17, 15) is 4.79 Å². The van der Waals surface area contributed by atoms with Crippen LogP contribution in [-0.4, -0.2) is 20.7 Å². The van der Waals surface area contributed by atoms with E-state index >= 15 is 0 Å². The first-order chi connectivity index (χ1) is 12.4. The lowest BCUT2D eigenvalue weighted by Gasteiger charge is -2.10. The molecule has 0 aliphatic rings. The van der Waals surface area contributed by atoms with Crippen LogP contribution in [0.4, 0.5) is 0 Å². The molecule has 2 heterocycles. The Morgan fingerprint density at radius 3 is 2.50 bits per heavy atom. The van der Waals surface area contributed by atoms with Crippen molar-refractivity contribution in [3.63, 3.8) is 0 Å². The number of benzene rings is 1. The molecule has 0 N–H and O–H groups in total. The molecule has 3 aromatic rings. The number of carbonyl (C=O) groups excluding carboxylic acids is 1. The second-order valence-electron chi connectivity index (χ2n) is 6.39. The molecule has 26 heavy (non-hydrogen) atoms. The zero-order chi connectivity index (χ0) is 18.8. The standard InChI is InChI=1S/C20H23N3O3/c1-6-23-13(3)11-17(14(23)4)20(24)25-15(5)18-21-22-19(26-18)16-9-7-12(2)8-10-16/h7-11,15H,6H2,1-5H3/t15-/m0/s1. The van der Waals surface area contributed by atoms with Gasteiger partial charge in [0.1, 0.15) is 0 Å². The Labute approximate surface area is 152 Å². The van der Waals surface area contributed by atoms with E-state index in [1.54, 1.807) is 6.92 Å². The summed E-state index contributed by atoms with van der Waals surface area (Å²) in [5.74, 6) is 0.297. The van der Waals surface area contributed by atoms with Crippen LogP contribution in [0.5, 0.6) is 0 Å². The van der Waals surface area contributed by atoms with Crippen LogP contribution in [0.15, 0.2) is 34.7 Å². The number of ether oxygens (including phenoxy) is 1. The van der Waals surface area contributed by atoms with Crippen molar-refractivity contribution in [2.45, 2.75) is 47.3 Å². The molecule has 2 aromatic heterocycles. The van der Waals surface area contributed by atoms with E-state index in [-0.39, 0.29) is 11.9 Å². The number of esters is 1. The molecule has 0 unspecified atom stereocenters. The minimum Gasteiger partial charge on any atom is -0.449 e. The molecule has 3 rings (SSSR count). The van der Waals surface area contributed by atoms with Crippen LogP contribution in [-0.2, 0) is 11.3 Å². The maximum Gasteiger partial charge on any atom is 0.340 e. The topological polar surface area (TPSA) is 70.2 Å². The van der Waals surface area contributed by atoms with Crippen molar-refractivity contribution in [2.75, 3.05) is 0 Å². The maximum atomic E-state index is 12.5. The number of carbonyl (C=O) groups is 1. The molecule has 0 saturated carbocycles. The van der Waals surface area contributed by atoms with E-state index in [0.717, 1.165) is 29.1 Å². The SMILES string of the molecule is CCn1c(C)cc(C(=O)O[C@@H](C)c2nnc(-c3ccc(C)cc3)o2)c1C. The zero-order valence-corrected chi connectivity index (χ0v) is 15.7. The monoisotopic (exact) mass is 353 g/mol. The van der Waals surface area contributed by atoms with Crippen molar-refractivity contribution in [1.82, 2.24) is 14.8 Å². The van der Waals surface area contributed by atoms with Gasteiger partial charge in [-0.25, -0.2) is 4.79 Å². The van der Waals surface area contributed by atoms with Crippen molar-refractivity contribution < 1.29 is 13.9 Å². The van der Waals surface area contributed by atoms with Crippen molar-refractivity contribution in [3.05, 3.63) is 58.7 Å². The van der Waals surface area contributed by atoms with Crippen molar-refractivity contribution in [2.24, 2.45) is 0 Å². The van der Waals surface area contributed by atoms with Gasteiger partial charge in [-0.2, -0.15) is 0 Å². The van der Waals surface area contributed by atoms with Gasteiger partial charge in [-0.3, -0.25) is 0 Å². The molecule has 136 valence electrons. The summed E-state index contributed by atoms with van der Waals surface area (Å²) in [4.78, 5) is 12.5. The summed E-state index contributed by atoms with van der Waals surface area (Å²) in [6.45, 7) is 10.5. The number of rotatable bonds is 5. The normalized spacial score (nSPS) is 12.2. The summed E-state index contributed by atoms with van der Waals surface area (Å²) in [5, 5.41) is 8.08. The molecular formula is C20H23N3O3. The van der Waals surface area contributed by atoms with Gasteiger partial charge in [-0.1, -0.05) is 17.7 Å². The Bertz CT molecular complexity index is 922. The molecule has 6 heteroatoms. The van der Waals surface area contributed by atoms with E-state index in [0.29, 0.717) is 11.5 Å². The molecule has 0 amide bonds. The first-order valence-corrected chi connectivity index (χ1v) is 8.68. The summed E-state index contributed by atoms with van der Waals surface area (Å²) in [6, 6.07) is 9.64. The largest absolute Gasteiger partial charge is 0.449 e. The second-order valence-corrected chi connectivity index (χ2v) is 6.39. The Hall–Kier alpha value is -2.89. The molecule has 0 radical (unpaired) electrons. The van der Waals surface area contributed by atoms with Gasteiger partial charge in [-0.15, -0.1) is 10.2 Å². The Balaban J connectivity index is 1.75. The van der Waals surface area contributed by atoms with E-state index in [1.165, 1.54) is 0 Å². The third kappa shape index (κ3) is 3.40. The van der Waals surface area contributed by atoms with Crippen LogP contribution in [0.2, 0.25) is 0 Å². The number of hydrogen-bond acceptors (Lipinski definition) is 5. The highest BCUT2D eigenvalue weighted by molar-refractivity contribution is 5.91. The zero-order valence-electron chi connectivity index (χ0n) is 15.7. The number of hydrogen-bond donors (Lipinski definition) is 0. The van der Waals surface area contributed by atoms with Crippen molar-refractivity contribution >= 4 is 5.97 Å². The Kier molecular flexibility index (Phi) is 4.93. The summed E-state index contributed by atoms with van der Waals surface area (Å²) in [5.41, 5.74) is 4.48. The minimum absolute atomic E-state index is 0.276. The van der Waals surface area contributed by atoms with Gasteiger partial charge in [0.15, 0.2) is 6.10 Å². The lowest BCUT2D eigenvalue weighted by molar-refractivity contribution is 0.0279. The molecule has 1 atom stereocenters. The van der Waals surface area contributed by atoms with E-state index in [4.69, 9.17) is 9.15 Å². The number of aromatic nitrogens is 3. The van der Waals surface area contributed by atoms with Crippen LogP contribution in [0.1, 0.15) is 53.2 Å². The first kappa shape index (κ1) is 17.9. The van der Waals surface area contributed by atoms with Crippen LogP contribution >= 0.6 is 0 Å². The predicted octanol–water partition coefficient (Wildman–Crippen LogP) is 4.40. The molecule has 0 fully saturated rings. The first-order valence-electron chi connectivity index (χ1n) is 8.68. The maximum absolute atomic E-state index is 12.5. The molecular weight excluding hydrogens is 330 g/mol. The molecule has 0 spiro atoms. The summed E-state index contributed by atoms with van der Waals surface area (Å²) in [7, 11) is 0. The average Bonchev–Trinajstić information content (AvgIpc) is 3.20. The van der Waals surface area contributed by atoms with Crippen LogP contribution in [0.3, 0.4) is 0 Å². The highest BCUT2D eigenvalue weighted by Gasteiger charge is 2.22. The smallest absolute Gasteiger partial charge is 0.340 e. The number of aryl methyl sites for hydroxylation is 2. The minimum atomic E-state index is -0.626. The fraction of sp³-hybridized carbons (Fsp3) is 0.350. The van der Waals surface area contributed by atoms with E-state index < -0.39 is 6.10 Å². The quantitative estimate of drug-likeness (QED) is 0.636. The fourth-order valence-corrected chi connectivity index (χ4v) is 2.98. The molecule has 0 bridgehead atoms. The highest BCUT2D eigenvalue weighted by atomic mass is 16.6. The third-order valence-corrected chi connectivity index (χ3v) is 4.48. The Morgan fingerprint density at radius 2 is 1.88 bits per heavy atom. The lowest BCUT2D eigenvalue weighted by atomic mass is 10.1. The molecule has 0 aliphatic heterocycles. The van der Waals surface area contributed by atoms with Gasteiger partial charge < -0.3 is 13.7 Å². The van der Waals surface area contributed by atoms with Gasteiger partial charge in [0, 0.05) is 23.5 Å².